The van der Waals surface area contributed by atoms with E-state index in [0.29, 0.717) is 0 Å². The molecular weight excluding hydrogens is 235 g/mol. The second kappa shape index (κ2) is 2.59. The number of thiophene rings is 1. The molecule has 1 rings (SSSR count). The Hall–Kier alpha value is 0.1000. The second-order valence-electron chi connectivity index (χ2n) is 1.29. The van der Waals surface area contributed by atoms with E-state index in [2.05, 4.69) is 22.6 Å². The summed E-state index contributed by atoms with van der Waals surface area (Å²) in [5, 5.41) is 3.79. The Kier molecular flexibility index (Phi) is 2.01. The molecule has 0 N–H and O–H groups in total. The topological polar surface area (TPSA) is 17.1 Å². The Labute approximate surface area is 64.9 Å². The van der Waals surface area contributed by atoms with Gasteiger partial charge in [0.1, 0.15) is 0 Å². The van der Waals surface area contributed by atoms with Gasteiger partial charge in [0.05, 0.1) is 0 Å². The van der Waals surface area contributed by atoms with E-state index in [1.807, 2.05) is 10.8 Å². The minimum absolute atomic E-state index is 0.801. The van der Waals surface area contributed by atoms with Crippen molar-refractivity contribution < 1.29 is 4.79 Å². The van der Waals surface area contributed by atoms with E-state index in [9.17, 15) is 4.79 Å². The average Bonchev–Trinajstić information content (AvgIpc) is 2.14. The van der Waals surface area contributed by atoms with Crippen molar-refractivity contribution in [1.82, 2.24) is 0 Å². The van der Waals surface area contributed by atoms with Gasteiger partial charge in [0.15, 0.2) is 6.29 Å². The molecule has 0 saturated heterocycles. The molecule has 0 bridgehead atoms. The first-order valence-corrected chi connectivity index (χ1v) is 4.03. The lowest BCUT2D eigenvalue weighted by Gasteiger charge is -1.76. The summed E-state index contributed by atoms with van der Waals surface area (Å²) in [4.78, 5) is 10.1. The lowest BCUT2D eigenvalue weighted by Crippen LogP contribution is -1.73. The molecule has 1 aromatic rings. The molecule has 0 atom stereocenters. The smallest absolute Gasteiger partial charge is 0.151 e. The first kappa shape index (κ1) is 6.22. The van der Waals surface area contributed by atoms with E-state index < -0.39 is 0 Å². The van der Waals surface area contributed by atoms with E-state index in [0.717, 1.165) is 15.4 Å². The largest absolute Gasteiger partial charge is 0.298 e. The fraction of sp³-hybridized carbons (Fsp3) is 0. The SMILES string of the molecule is O=Cc1cscc1I. The van der Waals surface area contributed by atoms with Gasteiger partial charge in [0.2, 0.25) is 0 Å². The monoisotopic (exact) mass is 238 g/mol. The van der Waals surface area contributed by atoms with Gasteiger partial charge in [0, 0.05) is 19.9 Å². The maximum Gasteiger partial charge on any atom is 0.151 e. The maximum absolute atomic E-state index is 10.1. The Bertz CT molecular complexity index is 194. The number of halogens is 1. The lowest BCUT2D eigenvalue weighted by molar-refractivity contribution is 0.112. The van der Waals surface area contributed by atoms with Crippen molar-refractivity contribution >= 4 is 40.2 Å². The molecule has 0 aliphatic rings. The first-order chi connectivity index (χ1) is 3.84. The highest BCUT2D eigenvalue weighted by Crippen LogP contribution is 2.14. The predicted octanol–water partition coefficient (Wildman–Crippen LogP) is 2.17. The summed E-state index contributed by atoms with van der Waals surface area (Å²) >= 11 is 3.69. The summed E-state index contributed by atoms with van der Waals surface area (Å²) in [5.74, 6) is 0. The van der Waals surface area contributed by atoms with Crippen molar-refractivity contribution in [3.63, 3.8) is 0 Å². The van der Waals surface area contributed by atoms with E-state index in [1.54, 1.807) is 11.3 Å². The molecule has 1 heterocycles. The maximum atomic E-state index is 10.1. The average molecular weight is 238 g/mol. The molecular formula is C5H3IOS. The highest BCUT2D eigenvalue weighted by Gasteiger charge is 1.94. The molecule has 42 valence electrons. The molecule has 1 nitrogen and oxygen atoms in total. The van der Waals surface area contributed by atoms with Gasteiger partial charge in [-0.2, -0.15) is 11.3 Å². The molecule has 0 unspecified atom stereocenters. The Morgan fingerprint density at radius 3 is 2.62 bits per heavy atom. The quantitative estimate of drug-likeness (QED) is 0.541. The highest BCUT2D eigenvalue weighted by molar-refractivity contribution is 14.1. The van der Waals surface area contributed by atoms with Gasteiger partial charge in [-0.25, -0.2) is 0 Å². The number of rotatable bonds is 1. The molecule has 0 radical (unpaired) electrons. The molecule has 8 heavy (non-hydrogen) atoms. The van der Waals surface area contributed by atoms with Gasteiger partial charge in [-0.3, -0.25) is 4.79 Å². The minimum Gasteiger partial charge on any atom is -0.298 e. The van der Waals surface area contributed by atoms with E-state index in [-0.39, 0.29) is 0 Å². The third-order valence-electron chi connectivity index (χ3n) is 0.769. The predicted molar refractivity (Wildman–Crippen MR) is 42.4 cm³/mol. The van der Waals surface area contributed by atoms with E-state index in [4.69, 9.17) is 0 Å². The molecule has 0 saturated carbocycles. The summed E-state index contributed by atoms with van der Waals surface area (Å²) in [7, 11) is 0. The van der Waals surface area contributed by atoms with Crippen molar-refractivity contribution in [3.8, 4) is 0 Å². The summed E-state index contributed by atoms with van der Waals surface area (Å²) in [6.45, 7) is 0. The summed E-state index contributed by atoms with van der Waals surface area (Å²) < 4.78 is 1.04. The number of aldehydes is 1. The fourth-order valence-electron chi connectivity index (χ4n) is 0.375. The molecule has 0 amide bonds. The zero-order valence-electron chi connectivity index (χ0n) is 3.93. The van der Waals surface area contributed by atoms with E-state index in [1.165, 1.54) is 0 Å². The van der Waals surface area contributed by atoms with Gasteiger partial charge in [-0.15, -0.1) is 0 Å². The van der Waals surface area contributed by atoms with Crippen molar-refractivity contribution in [2.24, 2.45) is 0 Å². The van der Waals surface area contributed by atoms with E-state index >= 15 is 0 Å². The number of carbonyl (C=O) groups excluding carboxylic acids is 1. The van der Waals surface area contributed by atoms with Gasteiger partial charge >= 0.3 is 0 Å². The van der Waals surface area contributed by atoms with Crippen LogP contribution in [0.15, 0.2) is 10.8 Å². The minimum atomic E-state index is 0.801. The lowest BCUT2D eigenvalue weighted by atomic mass is 10.4. The van der Waals surface area contributed by atoms with Crippen LogP contribution in [-0.2, 0) is 0 Å². The van der Waals surface area contributed by atoms with Gasteiger partial charge in [-0.1, -0.05) is 0 Å². The standard InChI is InChI=1S/C5H3IOS/c6-5-3-8-2-4(5)1-7/h1-3H. The Morgan fingerprint density at radius 2 is 2.38 bits per heavy atom. The van der Waals surface area contributed by atoms with Crippen LogP contribution in [0.1, 0.15) is 10.4 Å². The van der Waals surface area contributed by atoms with Crippen molar-refractivity contribution in [2.75, 3.05) is 0 Å². The van der Waals surface area contributed by atoms with Crippen molar-refractivity contribution in [1.29, 1.82) is 0 Å². The highest BCUT2D eigenvalue weighted by atomic mass is 127. The third kappa shape index (κ3) is 1.08. The molecule has 0 aliphatic carbocycles. The van der Waals surface area contributed by atoms with Crippen LogP contribution in [0.2, 0.25) is 0 Å². The molecule has 3 heteroatoms. The normalized spacial score (nSPS) is 9.12. The molecule has 1 aromatic heterocycles. The Morgan fingerprint density at radius 1 is 1.62 bits per heavy atom. The first-order valence-electron chi connectivity index (χ1n) is 2.01. The van der Waals surface area contributed by atoms with Crippen LogP contribution in [0.4, 0.5) is 0 Å². The summed E-state index contributed by atoms with van der Waals surface area (Å²) in [6, 6.07) is 0. The van der Waals surface area contributed by atoms with Crippen LogP contribution in [0.25, 0.3) is 0 Å². The van der Waals surface area contributed by atoms with Crippen LogP contribution >= 0.6 is 33.9 Å². The molecule has 0 aliphatic heterocycles. The van der Waals surface area contributed by atoms with Crippen molar-refractivity contribution in [2.45, 2.75) is 0 Å². The zero-order valence-corrected chi connectivity index (χ0v) is 6.90. The summed E-state index contributed by atoms with van der Waals surface area (Å²) in [5.41, 5.74) is 0.801. The fourth-order valence-corrected chi connectivity index (χ4v) is 1.96. The molecule has 0 aromatic carbocycles. The number of hydrogen-bond donors (Lipinski definition) is 0. The van der Waals surface area contributed by atoms with Crippen LogP contribution in [-0.4, -0.2) is 6.29 Å². The van der Waals surface area contributed by atoms with Crippen LogP contribution in [0, 0.1) is 3.57 Å². The number of carbonyl (C=O) groups is 1. The second-order valence-corrected chi connectivity index (χ2v) is 3.20. The van der Waals surface area contributed by atoms with Gasteiger partial charge < -0.3 is 0 Å². The molecule has 0 spiro atoms. The van der Waals surface area contributed by atoms with Crippen molar-refractivity contribution in [3.05, 3.63) is 19.9 Å². The summed E-state index contributed by atoms with van der Waals surface area (Å²) in [6.07, 6.45) is 0.873. The zero-order chi connectivity index (χ0) is 5.98. The third-order valence-corrected chi connectivity index (χ3v) is 2.89. The van der Waals surface area contributed by atoms with Crippen LogP contribution in [0.5, 0.6) is 0 Å². The number of hydrogen-bond acceptors (Lipinski definition) is 2. The van der Waals surface area contributed by atoms with Crippen LogP contribution < -0.4 is 0 Å². The Balaban J connectivity index is 3.09. The molecule has 0 fully saturated rings. The van der Waals surface area contributed by atoms with Gasteiger partial charge in [0.25, 0.3) is 0 Å². The van der Waals surface area contributed by atoms with Gasteiger partial charge in [-0.05, 0) is 22.6 Å². The van der Waals surface area contributed by atoms with Crippen LogP contribution in [0.3, 0.4) is 0 Å².